The number of furan rings is 1. The summed E-state index contributed by atoms with van der Waals surface area (Å²) in [7, 11) is 5.84. The van der Waals surface area contributed by atoms with Gasteiger partial charge in [-0.25, -0.2) is 0 Å². The highest BCUT2D eigenvalue weighted by Gasteiger charge is 2.20. The molecule has 0 saturated heterocycles. The molecular weight excluding hydrogens is 362 g/mol. The molecule has 3 aromatic rings. The molecule has 1 unspecified atom stereocenters. The molecule has 7 nitrogen and oxygen atoms in total. The average molecular weight is 385 g/mol. The van der Waals surface area contributed by atoms with Crippen molar-refractivity contribution < 1.29 is 9.21 Å². The Hall–Kier alpha value is -2.74. The van der Waals surface area contributed by atoms with Gasteiger partial charge in [-0.15, -0.1) is 10.2 Å². The van der Waals surface area contributed by atoms with Gasteiger partial charge in [-0.05, 0) is 44.2 Å². The summed E-state index contributed by atoms with van der Waals surface area (Å²) in [4.78, 5) is 14.5. The fraction of sp³-hybridized carbons (Fsp3) is 0.316. The van der Waals surface area contributed by atoms with Crippen LogP contribution < -0.4 is 10.2 Å². The maximum absolute atomic E-state index is 12.5. The first-order chi connectivity index (χ1) is 12.9. The Morgan fingerprint density at radius 2 is 1.93 bits per heavy atom. The molecule has 0 bridgehead atoms. The molecule has 2 heterocycles. The van der Waals surface area contributed by atoms with Crippen LogP contribution in [-0.2, 0) is 11.8 Å². The van der Waals surface area contributed by atoms with Crippen molar-refractivity contribution in [1.29, 1.82) is 0 Å². The Kier molecular flexibility index (Phi) is 5.55. The standard InChI is InChI=1S/C19H23N5O2S/c1-12-16(10-11-26-12)17-21-22-19(24(17)5)27-13(2)18(25)20-14-6-8-15(9-7-14)23(3)4/h6-11,13H,1-5H3,(H,20,25). The zero-order valence-electron chi connectivity index (χ0n) is 16.1. The SMILES string of the molecule is Cc1occc1-c1nnc(SC(C)C(=O)Nc2ccc(N(C)C)cc2)n1C. The van der Waals surface area contributed by atoms with Crippen molar-refractivity contribution in [2.24, 2.45) is 7.05 Å². The number of nitrogens with zero attached hydrogens (tertiary/aromatic N) is 4. The first-order valence-corrected chi connectivity index (χ1v) is 9.43. The summed E-state index contributed by atoms with van der Waals surface area (Å²) in [5.74, 6) is 1.42. The van der Waals surface area contributed by atoms with E-state index in [2.05, 4.69) is 15.5 Å². The van der Waals surface area contributed by atoms with E-state index >= 15 is 0 Å². The minimum atomic E-state index is -0.320. The summed E-state index contributed by atoms with van der Waals surface area (Å²) >= 11 is 1.37. The Bertz CT molecular complexity index is 930. The molecule has 8 heteroatoms. The molecule has 0 saturated carbocycles. The lowest BCUT2D eigenvalue weighted by Crippen LogP contribution is -2.22. The van der Waals surface area contributed by atoms with E-state index in [9.17, 15) is 4.79 Å². The summed E-state index contributed by atoms with van der Waals surface area (Å²) in [5, 5.41) is 11.8. The molecule has 3 rings (SSSR count). The highest BCUT2D eigenvalue weighted by atomic mass is 32.2. The van der Waals surface area contributed by atoms with Crippen molar-refractivity contribution in [3.63, 3.8) is 0 Å². The number of amides is 1. The van der Waals surface area contributed by atoms with Crippen molar-refractivity contribution in [1.82, 2.24) is 14.8 Å². The van der Waals surface area contributed by atoms with E-state index in [0.717, 1.165) is 28.5 Å². The average Bonchev–Trinajstić information content (AvgIpc) is 3.21. The maximum Gasteiger partial charge on any atom is 0.237 e. The molecule has 0 aliphatic heterocycles. The first kappa shape index (κ1) is 19.0. The molecule has 0 radical (unpaired) electrons. The van der Waals surface area contributed by atoms with E-state index in [1.165, 1.54) is 11.8 Å². The van der Waals surface area contributed by atoms with Gasteiger partial charge in [0.25, 0.3) is 0 Å². The molecule has 1 aromatic carbocycles. The number of hydrogen-bond acceptors (Lipinski definition) is 6. The Balaban J connectivity index is 1.66. The van der Waals surface area contributed by atoms with Crippen LogP contribution in [0.25, 0.3) is 11.4 Å². The van der Waals surface area contributed by atoms with Crippen molar-refractivity contribution in [3.8, 4) is 11.4 Å². The van der Waals surface area contributed by atoms with Gasteiger partial charge in [0, 0.05) is 32.5 Å². The van der Waals surface area contributed by atoms with Crippen LogP contribution in [-0.4, -0.2) is 40.0 Å². The number of thioether (sulfide) groups is 1. The number of nitrogens with one attached hydrogen (secondary N) is 1. The number of benzene rings is 1. The number of hydrogen-bond donors (Lipinski definition) is 1. The van der Waals surface area contributed by atoms with Gasteiger partial charge in [0.05, 0.1) is 17.1 Å². The largest absolute Gasteiger partial charge is 0.469 e. The fourth-order valence-electron chi connectivity index (χ4n) is 2.57. The Labute approximate surface area is 162 Å². The fourth-order valence-corrected chi connectivity index (χ4v) is 3.38. The van der Waals surface area contributed by atoms with Crippen LogP contribution in [0.5, 0.6) is 0 Å². The van der Waals surface area contributed by atoms with E-state index in [1.54, 1.807) is 6.26 Å². The third kappa shape index (κ3) is 4.16. The third-order valence-electron chi connectivity index (χ3n) is 4.24. The minimum absolute atomic E-state index is 0.0818. The van der Waals surface area contributed by atoms with Crippen LogP contribution in [0.2, 0.25) is 0 Å². The summed E-state index contributed by atoms with van der Waals surface area (Å²) in [5.41, 5.74) is 2.75. The van der Waals surface area contributed by atoms with E-state index in [-0.39, 0.29) is 11.2 Å². The lowest BCUT2D eigenvalue weighted by Gasteiger charge is -2.14. The van der Waals surface area contributed by atoms with E-state index < -0.39 is 0 Å². The van der Waals surface area contributed by atoms with Gasteiger partial charge in [-0.2, -0.15) is 0 Å². The topological polar surface area (TPSA) is 76.2 Å². The Morgan fingerprint density at radius 1 is 1.22 bits per heavy atom. The van der Waals surface area contributed by atoms with Crippen LogP contribution in [0.1, 0.15) is 12.7 Å². The summed E-state index contributed by atoms with van der Waals surface area (Å²) in [6.07, 6.45) is 1.63. The summed E-state index contributed by atoms with van der Waals surface area (Å²) < 4.78 is 7.21. The smallest absolute Gasteiger partial charge is 0.237 e. The van der Waals surface area contributed by atoms with Crippen LogP contribution in [0, 0.1) is 6.92 Å². The Morgan fingerprint density at radius 3 is 2.52 bits per heavy atom. The van der Waals surface area contributed by atoms with Crippen LogP contribution in [0.15, 0.2) is 46.2 Å². The quantitative estimate of drug-likeness (QED) is 0.654. The van der Waals surface area contributed by atoms with Gasteiger partial charge in [0.2, 0.25) is 5.91 Å². The third-order valence-corrected chi connectivity index (χ3v) is 5.37. The summed E-state index contributed by atoms with van der Waals surface area (Å²) in [6.45, 7) is 3.74. The monoisotopic (exact) mass is 385 g/mol. The van der Waals surface area contributed by atoms with Crippen LogP contribution in [0.3, 0.4) is 0 Å². The highest BCUT2D eigenvalue weighted by molar-refractivity contribution is 8.00. The van der Waals surface area contributed by atoms with Gasteiger partial charge in [0.1, 0.15) is 5.76 Å². The lowest BCUT2D eigenvalue weighted by molar-refractivity contribution is -0.115. The van der Waals surface area contributed by atoms with Crippen LogP contribution >= 0.6 is 11.8 Å². The van der Waals surface area contributed by atoms with Crippen molar-refractivity contribution in [2.75, 3.05) is 24.3 Å². The molecule has 142 valence electrons. The number of anilines is 2. The molecular formula is C19H23N5O2S. The van der Waals surface area contributed by atoms with Crippen LogP contribution in [0.4, 0.5) is 11.4 Å². The van der Waals surface area contributed by atoms with Gasteiger partial charge in [-0.1, -0.05) is 11.8 Å². The zero-order chi connectivity index (χ0) is 19.6. The molecule has 2 aromatic heterocycles. The second-order valence-corrected chi connectivity index (χ2v) is 7.75. The van der Waals surface area contributed by atoms with Crippen molar-refractivity contribution >= 4 is 29.0 Å². The predicted octanol–water partition coefficient (Wildman–Crippen LogP) is 3.57. The maximum atomic E-state index is 12.5. The second kappa shape index (κ2) is 7.87. The highest BCUT2D eigenvalue weighted by Crippen LogP contribution is 2.28. The molecule has 1 N–H and O–H groups in total. The summed E-state index contributed by atoms with van der Waals surface area (Å²) in [6, 6.07) is 9.59. The number of aryl methyl sites for hydroxylation is 1. The number of aromatic nitrogens is 3. The molecule has 0 spiro atoms. The minimum Gasteiger partial charge on any atom is -0.469 e. The lowest BCUT2D eigenvalue weighted by atomic mass is 10.2. The van der Waals surface area contributed by atoms with Crippen molar-refractivity contribution in [3.05, 3.63) is 42.4 Å². The van der Waals surface area contributed by atoms with Gasteiger partial charge in [-0.3, -0.25) is 4.79 Å². The number of carbonyl (C=O) groups excluding carboxylic acids is 1. The molecule has 27 heavy (non-hydrogen) atoms. The number of carbonyl (C=O) groups is 1. The van der Waals surface area contributed by atoms with Crippen molar-refractivity contribution in [2.45, 2.75) is 24.3 Å². The second-order valence-electron chi connectivity index (χ2n) is 6.45. The van der Waals surface area contributed by atoms with Gasteiger partial charge < -0.3 is 19.2 Å². The first-order valence-electron chi connectivity index (χ1n) is 8.55. The molecule has 1 atom stereocenters. The van der Waals surface area contributed by atoms with E-state index in [0.29, 0.717) is 5.16 Å². The van der Waals surface area contributed by atoms with Gasteiger partial charge in [0.15, 0.2) is 11.0 Å². The molecule has 0 aliphatic carbocycles. The molecule has 0 fully saturated rings. The number of rotatable bonds is 6. The van der Waals surface area contributed by atoms with Gasteiger partial charge >= 0.3 is 0 Å². The predicted molar refractivity (Wildman–Crippen MR) is 108 cm³/mol. The molecule has 1 amide bonds. The molecule has 0 aliphatic rings. The zero-order valence-corrected chi connectivity index (χ0v) is 16.9. The van der Waals surface area contributed by atoms with E-state index in [4.69, 9.17) is 4.42 Å². The normalized spacial score (nSPS) is 12.0. The van der Waals surface area contributed by atoms with E-state index in [1.807, 2.05) is 74.8 Å².